The molecule has 1 N–H and O–H groups in total. The molecule has 2 heterocycles. The Bertz CT molecular complexity index is 825. The van der Waals surface area contributed by atoms with Gasteiger partial charge in [-0.05, 0) is 25.1 Å². The van der Waals surface area contributed by atoms with Gasteiger partial charge in [-0.15, -0.1) is 5.10 Å². The average Bonchev–Trinajstić information content (AvgIpc) is 3.11. The Morgan fingerprint density at radius 2 is 2.17 bits per heavy atom. The Morgan fingerprint density at radius 3 is 2.79 bits per heavy atom. The van der Waals surface area contributed by atoms with Crippen LogP contribution in [0, 0.1) is 6.92 Å². The first kappa shape index (κ1) is 16.6. The number of rotatable bonds is 3. The first-order chi connectivity index (χ1) is 11.3. The van der Waals surface area contributed by atoms with Crippen molar-refractivity contribution in [3.63, 3.8) is 0 Å². The van der Waals surface area contributed by atoms with E-state index in [9.17, 15) is 14.0 Å². The number of aromatic nitrogens is 3. The Balaban J connectivity index is 1.86. The number of carbonyl (C=O) groups is 2. The van der Waals surface area contributed by atoms with Gasteiger partial charge in [-0.2, -0.15) is 0 Å². The van der Waals surface area contributed by atoms with Crippen molar-refractivity contribution in [1.82, 2.24) is 19.9 Å². The summed E-state index contributed by atoms with van der Waals surface area (Å²) in [6, 6.07) is 7.32. The molecule has 0 spiro atoms. The third-order valence-electron chi connectivity index (χ3n) is 4.04. The predicted molar refractivity (Wildman–Crippen MR) is 85.8 cm³/mol. The highest BCUT2D eigenvalue weighted by molar-refractivity contribution is 9.10. The van der Waals surface area contributed by atoms with Crippen LogP contribution < -0.4 is 0 Å². The Labute approximate surface area is 145 Å². The van der Waals surface area contributed by atoms with E-state index in [0.717, 1.165) is 15.1 Å². The van der Waals surface area contributed by atoms with Gasteiger partial charge in [0.15, 0.2) is 5.69 Å². The number of hydrogen-bond acceptors (Lipinski definition) is 4. The van der Waals surface area contributed by atoms with Gasteiger partial charge in [0.25, 0.3) is 5.91 Å². The number of likely N-dealkylation sites (tertiary alicyclic amines) is 1. The highest BCUT2D eigenvalue weighted by Gasteiger charge is 2.47. The fourth-order valence-corrected chi connectivity index (χ4v) is 3.04. The summed E-state index contributed by atoms with van der Waals surface area (Å²) in [6.45, 7) is 1.24. The van der Waals surface area contributed by atoms with Crippen molar-refractivity contribution < 1.29 is 19.1 Å². The van der Waals surface area contributed by atoms with Crippen molar-refractivity contribution in [1.29, 1.82) is 0 Å². The number of amides is 1. The molecule has 0 bridgehead atoms. The molecule has 3 rings (SSSR count). The maximum absolute atomic E-state index is 14.1. The van der Waals surface area contributed by atoms with Crippen molar-refractivity contribution >= 4 is 27.8 Å². The van der Waals surface area contributed by atoms with E-state index in [-0.39, 0.29) is 18.7 Å². The molecule has 0 aliphatic carbocycles. The summed E-state index contributed by atoms with van der Waals surface area (Å²) in [6.07, 6.45) is -0.229. The third kappa shape index (κ3) is 2.79. The zero-order valence-corrected chi connectivity index (χ0v) is 14.3. The molecule has 1 aromatic heterocycles. The number of carbonyl (C=O) groups excluding carboxylic acids is 1. The molecular formula is C15H14BrFN4O3. The van der Waals surface area contributed by atoms with E-state index in [1.165, 1.54) is 4.68 Å². The minimum atomic E-state index is -2.40. The number of carboxylic acid groups (broad SMARTS) is 1. The number of benzene rings is 1. The van der Waals surface area contributed by atoms with E-state index < -0.39 is 24.1 Å². The predicted octanol–water partition coefficient (Wildman–Crippen LogP) is 1.98. The summed E-state index contributed by atoms with van der Waals surface area (Å²) in [5.41, 5.74) is -1.08. The second kappa shape index (κ2) is 5.97. The van der Waals surface area contributed by atoms with Gasteiger partial charge in [0.05, 0.1) is 17.9 Å². The number of halogens is 2. The van der Waals surface area contributed by atoms with Crippen molar-refractivity contribution in [2.45, 2.75) is 19.0 Å². The zero-order valence-electron chi connectivity index (χ0n) is 12.7. The molecule has 1 aliphatic rings. The quantitative estimate of drug-likeness (QED) is 0.856. The zero-order chi connectivity index (χ0) is 17.5. The van der Waals surface area contributed by atoms with Crippen LogP contribution in [0.4, 0.5) is 4.39 Å². The van der Waals surface area contributed by atoms with E-state index in [4.69, 9.17) is 5.11 Å². The number of carboxylic acids is 1. The fraction of sp³-hybridized carbons (Fsp3) is 0.333. The van der Waals surface area contributed by atoms with Crippen LogP contribution in [0.3, 0.4) is 0 Å². The lowest BCUT2D eigenvalue weighted by atomic mass is 10.1. The normalized spacial score (nSPS) is 20.4. The van der Waals surface area contributed by atoms with E-state index in [1.807, 2.05) is 24.3 Å². The summed E-state index contributed by atoms with van der Waals surface area (Å²) in [5.74, 6) is -2.07. The van der Waals surface area contributed by atoms with E-state index >= 15 is 0 Å². The second-order valence-corrected chi connectivity index (χ2v) is 6.58. The molecule has 1 atom stereocenters. The standard InChI is InChI=1S/C15H14BrFN4O3/c1-9-12(13(22)20-6-5-15(17,8-20)14(23)24)18-19-21(9)11-4-2-3-10(16)7-11/h2-4,7H,5-6,8H2,1H3,(H,23,24). The Hall–Kier alpha value is -2.29. The highest BCUT2D eigenvalue weighted by Crippen LogP contribution is 2.27. The first-order valence-electron chi connectivity index (χ1n) is 7.22. The molecule has 126 valence electrons. The van der Waals surface area contributed by atoms with Crippen molar-refractivity contribution in [2.24, 2.45) is 0 Å². The van der Waals surface area contributed by atoms with E-state index in [0.29, 0.717) is 5.69 Å². The summed E-state index contributed by atoms with van der Waals surface area (Å²) in [4.78, 5) is 24.7. The third-order valence-corrected chi connectivity index (χ3v) is 4.53. The van der Waals surface area contributed by atoms with Gasteiger partial charge < -0.3 is 10.0 Å². The average molecular weight is 397 g/mol. The summed E-state index contributed by atoms with van der Waals surface area (Å²) in [5, 5.41) is 16.8. The summed E-state index contributed by atoms with van der Waals surface area (Å²) >= 11 is 3.37. The summed E-state index contributed by atoms with van der Waals surface area (Å²) in [7, 11) is 0. The lowest BCUT2D eigenvalue weighted by Crippen LogP contribution is -2.39. The van der Waals surface area contributed by atoms with Gasteiger partial charge in [0.1, 0.15) is 0 Å². The molecule has 1 saturated heterocycles. The van der Waals surface area contributed by atoms with Gasteiger partial charge in [0.2, 0.25) is 5.67 Å². The molecule has 7 nitrogen and oxygen atoms in total. The van der Waals surface area contributed by atoms with Crippen LogP contribution in [0.1, 0.15) is 22.6 Å². The molecule has 1 aliphatic heterocycles. The monoisotopic (exact) mass is 396 g/mol. The van der Waals surface area contributed by atoms with Crippen LogP contribution in [-0.2, 0) is 4.79 Å². The van der Waals surface area contributed by atoms with Crippen molar-refractivity contribution in [3.8, 4) is 5.69 Å². The van der Waals surface area contributed by atoms with Gasteiger partial charge in [-0.3, -0.25) is 4.79 Å². The van der Waals surface area contributed by atoms with Gasteiger partial charge >= 0.3 is 5.97 Å². The second-order valence-electron chi connectivity index (χ2n) is 5.66. The van der Waals surface area contributed by atoms with Crippen LogP contribution in [0.5, 0.6) is 0 Å². The SMILES string of the molecule is Cc1c(C(=O)N2CCC(F)(C(=O)O)C2)nnn1-c1cccc(Br)c1. The van der Waals surface area contributed by atoms with Gasteiger partial charge in [-0.1, -0.05) is 27.2 Å². The van der Waals surface area contributed by atoms with Gasteiger partial charge in [0, 0.05) is 17.4 Å². The molecule has 0 radical (unpaired) electrons. The number of hydrogen-bond donors (Lipinski definition) is 1. The van der Waals surface area contributed by atoms with Crippen LogP contribution in [0.2, 0.25) is 0 Å². The largest absolute Gasteiger partial charge is 0.479 e. The maximum Gasteiger partial charge on any atom is 0.343 e. The number of aliphatic carboxylic acids is 1. The number of alkyl halides is 1. The number of nitrogens with zero attached hydrogens (tertiary/aromatic N) is 4. The Kier molecular flexibility index (Phi) is 4.12. The van der Waals surface area contributed by atoms with E-state index in [1.54, 1.807) is 6.92 Å². The summed E-state index contributed by atoms with van der Waals surface area (Å²) < 4.78 is 16.5. The molecule has 1 unspecified atom stereocenters. The molecule has 24 heavy (non-hydrogen) atoms. The molecule has 1 amide bonds. The highest BCUT2D eigenvalue weighted by atomic mass is 79.9. The molecular weight excluding hydrogens is 383 g/mol. The molecule has 2 aromatic rings. The molecule has 1 aromatic carbocycles. The van der Waals surface area contributed by atoms with Crippen molar-refractivity contribution in [2.75, 3.05) is 13.1 Å². The minimum Gasteiger partial charge on any atom is -0.479 e. The van der Waals surface area contributed by atoms with Gasteiger partial charge in [-0.25, -0.2) is 13.9 Å². The molecule has 1 fully saturated rings. The molecule has 0 saturated carbocycles. The Morgan fingerprint density at radius 1 is 1.42 bits per heavy atom. The van der Waals surface area contributed by atoms with Crippen LogP contribution in [0.15, 0.2) is 28.7 Å². The first-order valence-corrected chi connectivity index (χ1v) is 8.01. The van der Waals surface area contributed by atoms with Crippen LogP contribution >= 0.6 is 15.9 Å². The minimum absolute atomic E-state index is 0.0326. The smallest absolute Gasteiger partial charge is 0.343 e. The lowest BCUT2D eigenvalue weighted by molar-refractivity contribution is -0.149. The van der Waals surface area contributed by atoms with Crippen LogP contribution in [-0.4, -0.2) is 55.6 Å². The maximum atomic E-state index is 14.1. The fourth-order valence-electron chi connectivity index (χ4n) is 2.65. The van der Waals surface area contributed by atoms with E-state index in [2.05, 4.69) is 26.2 Å². The van der Waals surface area contributed by atoms with Crippen LogP contribution in [0.25, 0.3) is 5.69 Å². The molecule has 9 heteroatoms. The topological polar surface area (TPSA) is 88.3 Å². The van der Waals surface area contributed by atoms with Crippen molar-refractivity contribution in [3.05, 3.63) is 40.1 Å². The lowest BCUT2D eigenvalue weighted by Gasteiger charge is -2.16.